The zero-order valence-corrected chi connectivity index (χ0v) is 22.8. The second kappa shape index (κ2) is 10.9. The van der Waals surface area contributed by atoms with Crippen LogP contribution >= 0.6 is 11.6 Å². The Morgan fingerprint density at radius 1 is 1.24 bits per heavy atom. The van der Waals surface area contributed by atoms with Crippen LogP contribution in [0.5, 0.6) is 5.88 Å². The number of pyridine rings is 1. The van der Waals surface area contributed by atoms with Gasteiger partial charge in [-0.2, -0.15) is 0 Å². The highest BCUT2D eigenvalue weighted by atomic mass is 35.5. The molecule has 1 aliphatic heterocycles. The number of rotatable bonds is 10. The molecule has 0 amide bonds. The van der Waals surface area contributed by atoms with Gasteiger partial charge in [0.1, 0.15) is 17.0 Å². The quantitative estimate of drug-likeness (QED) is 0.398. The van der Waals surface area contributed by atoms with E-state index in [0.29, 0.717) is 29.0 Å². The standard InChI is InChI=1S/C23H30ClN7O5S/c1-14(19(35-5)20-25-11-15(24)12-26-20)37(32,33)30-22-29-28-21(17-7-6-8-18(27-17)34-4)31(22)13-16-9-10-23(2,3)36-16/h6-8,11-12,14,16,19H,9-10,13H2,1-5H3,(H,29,30)/t14-,16?,19-/m0/s1. The molecule has 1 saturated heterocycles. The Kier molecular flexibility index (Phi) is 7.97. The summed E-state index contributed by atoms with van der Waals surface area (Å²) >= 11 is 5.88. The number of hydrogen-bond acceptors (Lipinski definition) is 10. The first kappa shape index (κ1) is 27.2. The van der Waals surface area contributed by atoms with Crippen LogP contribution < -0.4 is 9.46 Å². The van der Waals surface area contributed by atoms with Crippen molar-refractivity contribution in [3.63, 3.8) is 0 Å². The third kappa shape index (κ3) is 6.17. The van der Waals surface area contributed by atoms with Gasteiger partial charge in [-0.05, 0) is 39.7 Å². The topological polar surface area (TPSA) is 143 Å². The minimum atomic E-state index is -4.04. The Hall–Kier alpha value is -2.87. The first-order chi connectivity index (χ1) is 17.5. The maximum atomic E-state index is 13.5. The molecule has 0 saturated carbocycles. The van der Waals surface area contributed by atoms with E-state index >= 15 is 0 Å². The van der Waals surface area contributed by atoms with Crippen molar-refractivity contribution in [2.24, 2.45) is 0 Å². The average molecular weight is 552 g/mol. The van der Waals surface area contributed by atoms with Gasteiger partial charge in [0, 0.05) is 25.6 Å². The van der Waals surface area contributed by atoms with E-state index in [-0.39, 0.29) is 23.5 Å². The van der Waals surface area contributed by atoms with E-state index in [4.69, 9.17) is 25.8 Å². The highest BCUT2D eigenvalue weighted by Crippen LogP contribution is 2.32. The number of nitrogens with zero attached hydrogens (tertiary/aromatic N) is 6. The van der Waals surface area contributed by atoms with Crippen molar-refractivity contribution in [3.8, 4) is 17.4 Å². The Bertz CT molecular complexity index is 1330. The van der Waals surface area contributed by atoms with Gasteiger partial charge in [0.15, 0.2) is 11.6 Å². The van der Waals surface area contributed by atoms with Crippen LogP contribution in [0.15, 0.2) is 30.6 Å². The molecule has 3 atom stereocenters. The zero-order chi connectivity index (χ0) is 26.8. The monoisotopic (exact) mass is 551 g/mol. The summed E-state index contributed by atoms with van der Waals surface area (Å²) in [5.41, 5.74) is 0.206. The molecule has 0 radical (unpaired) electrons. The molecule has 200 valence electrons. The van der Waals surface area contributed by atoms with Crippen molar-refractivity contribution in [1.29, 1.82) is 0 Å². The number of aromatic nitrogens is 6. The van der Waals surface area contributed by atoms with Crippen LogP contribution in [0.2, 0.25) is 5.02 Å². The van der Waals surface area contributed by atoms with Crippen LogP contribution in [0.4, 0.5) is 5.95 Å². The number of methoxy groups -OCH3 is 2. The summed E-state index contributed by atoms with van der Waals surface area (Å²) in [5, 5.41) is 7.67. The predicted molar refractivity (Wildman–Crippen MR) is 137 cm³/mol. The number of hydrogen-bond donors (Lipinski definition) is 1. The van der Waals surface area contributed by atoms with E-state index in [0.717, 1.165) is 12.8 Å². The molecule has 1 aliphatic rings. The van der Waals surface area contributed by atoms with Gasteiger partial charge in [0.25, 0.3) is 0 Å². The number of ether oxygens (including phenoxy) is 3. The highest BCUT2D eigenvalue weighted by Gasteiger charge is 2.36. The summed E-state index contributed by atoms with van der Waals surface area (Å²) < 4.78 is 48.0. The normalized spacial score (nSPS) is 18.9. The number of sulfonamides is 1. The van der Waals surface area contributed by atoms with Crippen LogP contribution in [0.25, 0.3) is 11.5 Å². The van der Waals surface area contributed by atoms with E-state index < -0.39 is 21.4 Å². The predicted octanol–water partition coefficient (Wildman–Crippen LogP) is 3.27. The summed E-state index contributed by atoms with van der Waals surface area (Å²) in [5.74, 6) is 0.995. The molecule has 12 nitrogen and oxygen atoms in total. The summed E-state index contributed by atoms with van der Waals surface area (Å²) in [7, 11) is -1.13. The smallest absolute Gasteiger partial charge is 0.240 e. The van der Waals surface area contributed by atoms with E-state index in [1.165, 1.54) is 33.5 Å². The molecular weight excluding hydrogens is 522 g/mol. The number of halogens is 1. The van der Waals surface area contributed by atoms with Crippen molar-refractivity contribution in [2.75, 3.05) is 18.9 Å². The van der Waals surface area contributed by atoms with Crippen molar-refractivity contribution in [1.82, 2.24) is 29.7 Å². The third-order valence-electron chi connectivity index (χ3n) is 6.15. The molecule has 4 rings (SSSR count). The third-order valence-corrected chi connectivity index (χ3v) is 8.04. The van der Waals surface area contributed by atoms with Gasteiger partial charge >= 0.3 is 0 Å². The van der Waals surface area contributed by atoms with Gasteiger partial charge in [-0.3, -0.25) is 9.29 Å². The molecule has 0 aliphatic carbocycles. The first-order valence-electron chi connectivity index (χ1n) is 11.7. The Morgan fingerprint density at radius 3 is 2.59 bits per heavy atom. The van der Waals surface area contributed by atoms with Gasteiger partial charge < -0.3 is 14.2 Å². The van der Waals surface area contributed by atoms with Crippen LogP contribution in [0.1, 0.15) is 45.5 Å². The lowest BCUT2D eigenvalue weighted by atomic mass is 10.1. The van der Waals surface area contributed by atoms with Crippen LogP contribution in [0.3, 0.4) is 0 Å². The summed E-state index contributed by atoms with van der Waals surface area (Å²) in [6.45, 7) is 5.88. The number of anilines is 1. The zero-order valence-electron chi connectivity index (χ0n) is 21.3. The van der Waals surface area contributed by atoms with Crippen LogP contribution in [0, 0.1) is 0 Å². The fraction of sp³-hybridized carbons (Fsp3) is 0.522. The highest BCUT2D eigenvalue weighted by molar-refractivity contribution is 7.93. The molecule has 0 spiro atoms. The molecule has 1 fully saturated rings. The molecule has 3 aromatic heterocycles. The second-order valence-corrected chi connectivity index (χ2v) is 11.8. The molecule has 3 aromatic rings. The largest absolute Gasteiger partial charge is 0.481 e. The van der Waals surface area contributed by atoms with Crippen molar-refractivity contribution in [3.05, 3.63) is 41.4 Å². The molecule has 37 heavy (non-hydrogen) atoms. The van der Waals surface area contributed by atoms with Crippen molar-refractivity contribution in [2.45, 2.75) is 63.2 Å². The Balaban J connectivity index is 1.67. The van der Waals surface area contributed by atoms with Crippen LogP contribution in [-0.4, -0.2) is 69.3 Å². The minimum absolute atomic E-state index is 0.0339. The maximum absolute atomic E-state index is 13.5. The number of nitrogens with one attached hydrogen (secondary N) is 1. The van der Waals surface area contributed by atoms with Crippen LogP contribution in [-0.2, 0) is 26.0 Å². The van der Waals surface area contributed by atoms with E-state index in [1.54, 1.807) is 22.8 Å². The summed E-state index contributed by atoms with van der Waals surface area (Å²) in [4.78, 5) is 12.7. The van der Waals surface area contributed by atoms with Crippen molar-refractivity contribution >= 4 is 27.6 Å². The van der Waals surface area contributed by atoms with E-state index in [2.05, 4.69) is 29.9 Å². The lowest BCUT2D eigenvalue weighted by molar-refractivity contribution is -0.0213. The SMILES string of the molecule is COc1cccc(-c2nnc(NS(=O)(=O)[C@@H](C)[C@H](OC)c3ncc(Cl)cn3)n2CC2CCC(C)(C)O2)n1. The lowest BCUT2D eigenvalue weighted by Gasteiger charge is -2.23. The van der Waals surface area contributed by atoms with Crippen molar-refractivity contribution < 1.29 is 22.6 Å². The summed E-state index contributed by atoms with van der Waals surface area (Å²) in [6.07, 6.45) is 3.33. The fourth-order valence-corrected chi connectivity index (χ4v) is 5.41. The Labute approximate surface area is 220 Å². The average Bonchev–Trinajstić information content (AvgIpc) is 3.42. The molecule has 0 aromatic carbocycles. The van der Waals surface area contributed by atoms with Gasteiger partial charge in [-0.15, -0.1) is 10.2 Å². The Morgan fingerprint density at radius 2 is 1.97 bits per heavy atom. The van der Waals surface area contributed by atoms with E-state index in [1.807, 2.05) is 13.8 Å². The first-order valence-corrected chi connectivity index (χ1v) is 13.6. The summed E-state index contributed by atoms with van der Waals surface area (Å²) in [6, 6.07) is 5.24. The molecule has 14 heteroatoms. The fourth-order valence-electron chi connectivity index (χ4n) is 4.16. The minimum Gasteiger partial charge on any atom is -0.481 e. The van der Waals surface area contributed by atoms with E-state index in [9.17, 15) is 8.42 Å². The second-order valence-electron chi connectivity index (χ2n) is 9.33. The van der Waals surface area contributed by atoms with Gasteiger partial charge in [0.2, 0.25) is 21.9 Å². The van der Waals surface area contributed by atoms with Gasteiger partial charge in [0.05, 0.1) is 30.4 Å². The molecule has 1 unspecified atom stereocenters. The molecule has 1 N–H and O–H groups in total. The lowest BCUT2D eigenvalue weighted by Crippen LogP contribution is -2.34. The molecule has 4 heterocycles. The maximum Gasteiger partial charge on any atom is 0.240 e. The molecular formula is C23H30ClN7O5S. The van der Waals surface area contributed by atoms with Gasteiger partial charge in [-0.25, -0.2) is 23.4 Å². The molecule has 0 bridgehead atoms. The van der Waals surface area contributed by atoms with Gasteiger partial charge in [-0.1, -0.05) is 17.7 Å².